The Morgan fingerprint density at radius 1 is 0.172 bits per heavy atom. The molecule has 0 radical (unpaired) electrons. The minimum atomic E-state index is 0.630. The van der Waals surface area contributed by atoms with Crippen LogP contribution in [0.15, 0.2) is 237 Å². The Hall–Kier alpha value is -8.53. The van der Waals surface area contributed by atoms with Crippen LogP contribution in [0.5, 0.6) is 0 Å². The topological polar surface area (TPSA) is 38.7 Å². The summed E-state index contributed by atoms with van der Waals surface area (Å²) in [6.07, 6.45) is 0. The molecule has 0 atom stereocenters. The molecule has 0 spiro atoms. The van der Waals surface area contributed by atoms with Gasteiger partial charge in [-0.15, -0.1) is 0 Å². The Morgan fingerprint density at radius 2 is 0.484 bits per heavy atom. The molecular weight excluding hydrogens is 775 g/mol. The van der Waals surface area contributed by atoms with Crippen molar-refractivity contribution in [2.45, 2.75) is 0 Å². The summed E-state index contributed by atoms with van der Waals surface area (Å²) < 4.78 is 0. The fourth-order valence-corrected chi connectivity index (χ4v) is 9.40. The zero-order chi connectivity index (χ0) is 42.4. The van der Waals surface area contributed by atoms with Gasteiger partial charge in [0.1, 0.15) is 0 Å². The molecule has 0 unspecified atom stereocenters. The van der Waals surface area contributed by atoms with Crippen LogP contribution in [0.25, 0.3) is 122 Å². The second-order valence-corrected chi connectivity index (χ2v) is 16.3. The normalized spacial score (nSPS) is 11.4. The van der Waals surface area contributed by atoms with E-state index in [9.17, 15) is 0 Å². The van der Waals surface area contributed by atoms with E-state index >= 15 is 0 Å². The monoisotopic (exact) mass is 813 g/mol. The van der Waals surface area contributed by atoms with Gasteiger partial charge in [-0.05, 0) is 106 Å². The van der Waals surface area contributed by atoms with Crippen LogP contribution in [0.3, 0.4) is 0 Å². The highest BCUT2D eigenvalue weighted by molar-refractivity contribution is 6.25. The summed E-state index contributed by atoms with van der Waals surface area (Å²) in [5, 5.41) is 9.64. The van der Waals surface area contributed by atoms with Crippen LogP contribution in [0.2, 0.25) is 0 Å². The first-order chi connectivity index (χ1) is 31.7. The largest absolute Gasteiger partial charge is 0.208 e. The van der Waals surface area contributed by atoms with Crippen LogP contribution in [-0.4, -0.2) is 15.0 Å². The van der Waals surface area contributed by atoms with Crippen LogP contribution in [-0.2, 0) is 0 Å². The van der Waals surface area contributed by atoms with E-state index in [2.05, 4.69) is 212 Å². The summed E-state index contributed by atoms with van der Waals surface area (Å²) in [6, 6.07) is 84.3. The molecule has 0 aliphatic heterocycles. The van der Waals surface area contributed by atoms with Crippen LogP contribution in [0.4, 0.5) is 0 Å². The van der Waals surface area contributed by atoms with E-state index in [0.29, 0.717) is 17.5 Å². The van der Waals surface area contributed by atoms with E-state index in [0.717, 1.165) is 38.6 Å². The van der Waals surface area contributed by atoms with Gasteiger partial charge in [-0.3, -0.25) is 0 Å². The van der Waals surface area contributed by atoms with Gasteiger partial charge >= 0.3 is 0 Å². The third kappa shape index (κ3) is 6.59. The maximum Gasteiger partial charge on any atom is 0.164 e. The van der Waals surface area contributed by atoms with E-state index in [1.807, 2.05) is 24.3 Å². The highest BCUT2D eigenvalue weighted by Crippen LogP contribution is 2.44. The average Bonchev–Trinajstić information content (AvgIpc) is 3.38. The van der Waals surface area contributed by atoms with Gasteiger partial charge in [-0.1, -0.05) is 218 Å². The van der Waals surface area contributed by atoms with Gasteiger partial charge in [-0.25, -0.2) is 15.0 Å². The van der Waals surface area contributed by atoms with Crippen molar-refractivity contribution in [2.75, 3.05) is 0 Å². The molecule has 1 heterocycles. The van der Waals surface area contributed by atoms with Crippen molar-refractivity contribution >= 4 is 43.1 Å². The van der Waals surface area contributed by atoms with Gasteiger partial charge in [0.15, 0.2) is 17.5 Å². The standard InChI is InChI=1S/C61H39N3/c1-4-16-40(17-5-1)41-28-30-42(31-29-41)43-32-34-46(35-33-43)60-62-59(45-20-8-3-9-21-45)63-61(64-60)54-37-36-53(47-22-10-11-23-48(47)54)56-39-58-50-25-13-12-24-49(50)55(44-18-6-2-7-19-44)38-57(58)52-27-15-14-26-51(52)56/h1-39H. The predicted molar refractivity (Wildman–Crippen MR) is 268 cm³/mol. The number of benzene rings is 11. The molecule has 0 fully saturated rings. The van der Waals surface area contributed by atoms with Gasteiger partial charge in [0.2, 0.25) is 0 Å². The number of nitrogens with zero attached hydrogens (tertiary/aromatic N) is 3. The summed E-state index contributed by atoms with van der Waals surface area (Å²) >= 11 is 0. The molecule has 3 heteroatoms. The molecule has 0 N–H and O–H groups in total. The third-order valence-corrected chi connectivity index (χ3v) is 12.6. The maximum absolute atomic E-state index is 5.24. The van der Waals surface area contributed by atoms with Gasteiger partial charge in [0.25, 0.3) is 0 Å². The molecule has 298 valence electrons. The summed E-state index contributed by atoms with van der Waals surface area (Å²) in [5.74, 6) is 1.90. The molecule has 12 aromatic rings. The molecule has 0 aliphatic rings. The van der Waals surface area contributed by atoms with Crippen molar-refractivity contribution in [2.24, 2.45) is 0 Å². The lowest BCUT2D eigenvalue weighted by atomic mass is 9.86. The lowest BCUT2D eigenvalue weighted by Crippen LogP contribution is -2.01. The summed E-state index contributed by atoms with van der Waals surface area (Å²) in [6.45, 7) is 0. The highest BCUT2D eigenvalue weighted by Gasteiger charge is 2.19. The van der Waals surface area contributed by atoms with Crippen LogP contribution in [0, 0.1) is 0 Å². The van der Waals surface area contributed by atoms with Crippen molar-refractivity contribution in [3.63, 3.8) is 0 Å². The number of fused-ring (bicyclic) bond motifs is 6. The average molecular weight is 814 g/mol. The van der Waals surface area contributed by atoms with Crippen molar-refractivity contribution in [1.29, 1.82) is 0 Å². The molecule has 0 bridgehead atoms. The Morgan fingerprint density at radius 3 is 1.00 bits per heavy atom. The first-order valence-electron chi connectivity index (χ1n) is 21.8. The Labute approximate surface area is 371 Å². The Balaban J connectivity index is 0.994. The summed E-state index contributed by atoms with van der Waals surface area (Å²) in [5.41, 5.74) is 12.3. The molecule has 3 nitrogen and oxygen atoms in total. The SMILES string of the molecule is c1ccc(-c2ccc(-c3ccc(-c4nc(-c5ccccc5)nc(-c5ccc(-c6cc7c8ccccc8c(-c8ccccc8)cc7c7ccccc67)c6ccccc56)n4)cc3)cc2)cc1. The molecule has 1 aromatic heterocycles. The third-order valence-electron chi connectivity index (χ3n) is 12.6. The van der Waals surface area contributed by atoms with Crippen molar-refractivity contribution < 1.29 is 0 Å². The highest BCUT2D eigenvalue weighted by atomic mass is 15.0. The minimum absolute atomic E-state index is 0.630. The van der Waals surface area contributed by atoms with Crippen molar-refractivity contribution in [3.8, 4) is 78.7 Å². The summed E-state index contributed by atoms with van der Waals surface area (Å²) in [4.78, 5) is 15.5. The Kier molecular flexibility index (Phi) is 9.16. The van der Waals surface area contributed by atoms with Crippen LogP contribution in [0.1, 0.15) is 0 Å². The number of rotatable bonds is 7. The summed E-state index contributed by atoms with van der Waals surface area (Å²) in [7, 11) is 0. The van der Waals surface area contributed by atoms with Crippen LogP contribution >= 0.6 is 0 Å². The molecule has 0 saturated carbocycles. The van der Waals surface area contributed by atoms with Gasteiger partial charge in [0.05, 0.1) is 0 Å². The van der Waals surface area contributed by atoms with E-state index in [4.69, 9.17) is 15.0 Å². The van der Waals surface area contributed by atoms with E-state index in [-0.39, 0.29) is 0 Å². The zero-order valence-corrected chi connectivity index (χ0v) is 34.9. The lowest BCUT2D eigenvalue weighted by Gasteiger charge is -2.18. The molecule has 12 rings (SSSR count). The molecule has 0 amide bonds. The Bertz CT molecular complexity index is 3680. The quantitative estimate of drug-likeness (QED) is 0.150. The van der Waals surface area contributed by atoms with Crippen molar-refractivity contribution in [1.82, 2.24) is 15.0 Å². The lowest BCUT2D eigenvalue weighted by molar-refractivity contribution is 1.08. The second kappa shape index (κ2) is 15.7. The zero-order valence-electron chi connectivity index (χ0n) is 34.9. The molecule has 64 heavy (non-hydrogen) atoms. The minimum Gasteiger partial charge on any atom is -0.208 e. The fraction of sp³-hybridized carbons (Fsp3) is 0. The number of hydrogen-bond donors (Lipinski definition) is 0. The van der Waals surface area contributed by atoms with Crippen molar-refractivity contribution in [3.05, 3.63) is 237 Å². The molecule has 0 aliphatic carbocycles. The van der Waals surface area contributed by atoms with Crippen LogP contribution < -0.4 is 0 Å². The molecule has 0 saturated heterocycles. The van der Waals surface area contributed by atoms with Gasteiger partial charge < -0.3 is 0 Å². The molecule has 11 aromatic carbocycles. The number of hydrogen-bond acceptors (Lipinski definition) is 3. The first kappa shape index (κ1) is 37.2. The van der Waals surface area contributed by atoms with Gasteiger partial charge in [-0.2, -0.15) is 0 Å². The first-order valence-corrected chi connectivity index (χ1v) is 21.8. The fourth-order valence-electron chi connectivity index (χ4n) is 9.40. The molecular formula is C61H39N3. The maximum atomic E-state index is 5.24. The van der Waals surface area contributed by atoms with E-state index in [1.54, 1.807) is 0 Å². The second-order valence-electron chi connectivity index (χ2n) is 16.3. The van der Waals surface area contributed by atoms with E-state index < -0.39 is 0 Å². The van der Waals surface area contributed by atoms with E-state index in [1.165, 1.54) is 65.7 Å². The number of aromatic nitrogens is 3. The van der Waals surface area contributed by atoms with Gasteiger partial charge in [0, 0.05) is 16.7 Å². The predicted octanol–water partition coefficient (Wildman–Crippen LogP) is 16.2. The smallest absolute Gasteiger partial charge is 0.164 e.